The fourth-order valence-electron chi connectivity index (χ4n) is 2.13. The Balaban J connectivity index is 2.38. The lowest BCUT2D eigenvalue weighted by Crippen LogP contribution is -2.26. The van der Waals surface area contributed by atoms with E-state index in [1.54, 1.807) is 0 Å². The van der Waals surface area contributed by atoms with Crippen LogP contribution in [0.4, 0.5) is 0 Å². The van der Waals surface area contributed by atoms with Crippen molar-refractivity contribution in [2.45, 2.75) is 19.4 Å². The van der Waals surface area contributed by atoms with Crippen LogP contribution in [0.2, 0.25) is 0 Å². The Bertz CT molecular complexity index is 740. The summed E-state index contributed by atoms with van der Waals surface area (Å²) < 4.78 is 16.5. The summed E-state index contributed by atoms with van der Waals surface area (Å²) in [5.74, 6) is -0.865. The number of benzene rings is 1. The molecule has 7 nitrogen and oxygen atoms in total. The Kier molecular flexibility index (Phi) is 6.11. The predicted molar refractivity (Wildman–Crippen MR) is 85.8 cm³/mol. The van der Waals surface area contributed by atoms with Gasteiger partial charge in [-0.25, -0.2) is 4.79 Å². The molecular weight excluding hydrogens is 314 g/mol. The second-order valence-corrected chi connectivity index (χ2v) is 4.97. The monoisotopic (exact) mass is 333 g/mol. The van der Waals surface area contributed by atoms with Crippen molar-refractivity contribution >= 4 is 5.97 Å². The Hall–Kier alpha value is -2.64. The summed E-state index contributed by atoms with van der Waals surface area (Å²) in [6, 6.07) is 10.5. The number of methoxy groups -OCH3 is 2. The van der Waals surface area contributed by atoms with Gasteiger partial charge in [-0.1, -0.05) is 30.3 Å². The van der Waals surface area contributed by atoms with Crippen molar-refractivity contribution in [2.75, 3.05) is 14.2 Å². The molecule has 1 aromatic heterocycles. The normalized spacial score (nSPS) is 11.8. The van der Waals surface area contributed by atoms with Gasteiger partial charge in [0.1, 0.15) is 6.61 Å². The third-order valence-electron chi connectivity index (χ3n) is 3.36. The first-order valence-electron chi connectivity index (χ1n) is 7.26. The lowest BCUT2D eigenvalue weighted by molar-refractivity contribution is -0.0838. The SMILES string of the molecule is COC(=O)c1c(OCc2ccccc2)c(=O)ccn1CC(O)OC. The molecule has 1 N–H and O–H groups in total. The number of aromatic nitrogens is 1. The van der Waals surface area contributed by atoms with Crippen LogP contribution in [0.3, 0.4) is 0 Å². The number of carbonyl (C=O) groups is 1. The van der Waals surface area contributed by atoms with Crippen molar-refractivity contribution < 1.29 is 24.1 Å². The average Bonchev–Trinajstić information content (AvgIpc) is 2.61. The summed E-state index contributed by atoms with van der Waals surface area (Å²) in [4.78, 5) is 24.3. The van der Waals surface area contributed by atoms with Gasteiger partial charge in [-0.15, -0.1) is 0 Å². The van der Waals surface area contributed by atoms with E-state index in [0.29, 0.717) is 0 Å². The van der Waals surface area contributed by atoms with Gasteiger partial charge in [-0.05, 0) is 5.56 Å². The van der Waals surface area contributed by atoms with Gasteiger partial charge in [0.15, 0.2) is 17.7 Å². The number of hydrogen-bond donors (Lipinski definition) is 1. The predicted octanol–water partition coefficient (Wildman–Crippen LogP) is 1.18. The van der Waals surface area contributed by atoms with Crippen molar-refractivity contribution in [3.8, 4) is 5.75 Å². The van der Waals surface area contributed by atoms with Gasteiger partial charge in [0.2, 0.25) is 5.43 Å². The molecule has 1 unspecified atom stereocenters. The number of hydrogen-bond acceptors (Lipinski definition) is 6. The molecule has 0 aliphatic rings. The van der Waals surface area contributed by atoms with Crippen LogP contribution >= 0.6 is 0 Å². The molecule has 0 aliphatic carbocycles. The highest BCUT2D eigenvalue weighted by Crippen LogP contribution is 2.17. The summed E-state index contributed by atoms with van der Waals surface area (Å²) >= 11 is 0. The zero-order valence-electron chi connectivity index (χ0n) is 13.5. The van der Waals surface area contributed by atoms with Gasteiger partial charge in [-0.3, -0.25) is 4.79 Å². The first kappa shape index (κ1) is 17.7. The van der Waals surface area contributed by atoms with E-state index < -0.39 is 17.7 Å². The van der Waals surface area contributed by atoms with Crippen LogP contribution in [0, 0.1) is 0 Å². The summed E-state index contributed by atoms with van der Waals surface area (Å²) in [5.41, 5.74) is 0.326. The fraction of sp³-hybridized carbons (Fsp3) is 0.294. The van der Waals surface area contributed by atoms with Crippen LogP contribution < -0.4 is 10.2 Å². The zero-order valence-corrected chi connectivity index (χ0v) is 13.5. The molecule has 1 atom stereocenters. The number of carbonyl (C=O) groups excluding carboxylic acids is 1. The van der Waals surface area contributed by atoms with Crippen LogP contribution in [0.15, 0.2) is 47.4 Å². The van der Waals surface area contributed by atoms with E-state index in [9.17, 15) is 14.7 Å². The van der Waals surface area contributed by atoms with Gasteiger partial charge in [0.05, 0.1) is 13.7 Å². The summed E-state index contributed by atoms with van der Waals surface area (Å²) in [6.07, 6.45) is 0.240. The molecule has 1 aromatic carbocycles. The third kappa shape index (κ3) is 4.21. The van der Waals surface area contributed by atoms with Crippen LogP contribution in [0.1, 0.15) is 16.1 Å². The molecule has 0 saturated heterocycles. The summed E-state index contributed by atoms with van der Waals surface area (Å²) in [7, 11) is 2.54. The number of esters is 1. The second-order valence-electron chi connectivity index (χ2n) is 4.97. The first-order valence-corrected chi connectivity index (χ1v) is 7.26. The highest BCUT2D eigenvalue weighted by molar-refractivity contribution is 5.90. The van der Waals surface area contributed by atoms with Gasteiger partial charge in [-0.2, -0.15) is 0 Å². The Labute approximate surface area is 139 Å². The van der Waals surface area contributed by atoms with E-state index in [4.69, 9.17) is 14.2 Å². The maximum absolute atomic E-state index is 12.1. The molecule has 0 saturated carbocycles. The van der Waals surface area contributed by atoms with Crippen molar-refractivity contribution in [2.24, 2.45) is 0 Å². The molecule has 0 spiro atoms. The van der Waals surface area contributed by atoms with E-state index in [0.717, 1.165) is 5.56 Å². The number of nitrogens with zero attached hydrogens (tertiary/aromatic N) is 1. The molecule has 0 bridgehead atoms. The van der Waals surface area contributed by atoms with Gasteiger partial charge >= 0.3 is 5.97 Å². The lowest BCUT2D eigenvalue weighted by atomic mass is 10.2. The van der Waals surface area contributed by atoms with E-state index in [-0.39, 0.29) is 24.6 Å². The summed E-state index contributed by atoms with van der Waals surface area (Å²) in [6.45, 7) is 0.0693. The molecule has 0 amide bonds. The molecule has 1 heterocycles. The van der Waals surface area contributed by atoms with Crippen LogP contribution in [-0.2, 0) is 22.6 Å². The van der Waals surface area contributed by atoms with E-state index in [1.165, 1.54) is 31.0 Å². The Morgan fingerprint density at radius 2 is 1.92 bits per heavy atom. The Morgan fingerprint density at radius 3 is 2.54 bits per heavy atom. The van der Waals surface area contributed by atoms with Crippen LogP contribution in [0.5, 0.6) is 5.75 Å². The molecular formula is C17H19NO6. The van der Waals surface area contributed by atoms with E-state index >= 15 is 0 Å². The van der Waals surface area contributed by atoms with Gasteiger partial charge < -0.3 is 23.9 Å². The fourth-order valence-corrected chi connectivity index (χ4v) is 2.13. The topological polar surface area (TPSA) is 87.0 Å². The average molecular weight is 333 g/mol. The van der Waals surface area contributed by atoms with Crippen molar-refractivity contribution in [3.05, 3.63) is 64.1 Å². The minimum absolute atomic E-state index is 0.0527. The molecule has 0 fully saturated rings. The smallest absolute Gasteiger partial charge is 0.358 e. The van der Waals surface area contributed by atoms with Crippen molar-refractivity contribution in [1.29, 1.82) is 0 Å². The van der Waals surface area contributed by atoms with E-state index in [1.807, 2.05) is 30.3 Å². The van der Waals surface area contributed by atoms with E-state index in [2.05, 4.69) is 0 Å². The van der Waals surface area contributed by atoms with Gasteiger partial charge in [0, 0.05) is 19.4 Å². The molecule has 0 radical (unpaired) electrons. The highest BCUT2D eigenvalue weighted by Gasteiger charge is 2.22. The van der Waals surface area contributed by atoms with Crippen LogP contribution in [-0.4, -0.2) is 36.2 Å². The van der Waals surface area contributed by atoms with Crippen molar-refractivity contribution in [1.82, 2.24) is 4.57 Å². The first-order chi connectivity index (χ1) is 11.6. The lowest BCUT2D eigenvalue weighted by Gasteiger charge is -2.18. The number of aliphatic hydroxyl groups is 1. The Morgan fingerprint density at radius 1 is 1.21 bits per heavy atom. The molecule has 7 heteroatoms. The second kappa shape index (κ2) is 8.28. The molecule has 2 aromatic rings. The largest absolute Gasteiger partial charge is 0.482 e. The quantitative estimate of drug-likeness (QED) is 0.605. The minimum atomic E-state index is -1.14. The maximum Gasteiger partial charge on any atom is 0.358 e. The molecule has 24 heavy (non-hydrogen) atoms. The maximum atomic E-state index is 12.1. The number of rotatable bonds is 7. The number of aliphatic hydroxyl groups excluding tert-OH is 1. The third-order valence-corrected chi connectivity index (χ3v) is 3.36. The molecule has 128 valence electrons. The van der Waals surface area contributed by atoms with Crippen LogP contribution in [0.25, 0.3) is 0 Å². The van der Waals surface area contributed by atoms with Crippen molar-refractivity contribution in [3.63, 3.8) is 0 Å². The number of ether oxygens (including phenoxy) is 3. The highest BCUT2D eigenvalue weighted by atomic mass is 16.6. The molecule has 0 aliphatic heterocycles. The minimum Gasteiger partial charge on any atom is -0.482 e. The zero-order chi connectivity index (χ0) is 17.5. The van der Waals surface area contributed by atoms with Gasteiger partial charge in [0.25, 0.3) is 0 Å². The molecule has 2 rings (SSSR count). The number of pyridine rings is 1. The summed E-state index contributed by atoms with van der Waals surface area (Å²) in [5, 5.41) is 9.64. The standard InChI is InChI=1S/C17H19NO6/c1-22-14(20)10-18-9-8-13(19)16(15(18)17(21)23-2)24-11-12-6-4-3-5-7-12/h3-9,14,20H,10-11H2,1-2H3.